The molecule has 138 valence electrons. The van der Waals surface area contributed by atoms with E-state index in [-0.39, 0.29) is 24.5 Å². The molecule has 0 saturated heterocycles. The minimum absolute atomic E-state index is 0.00934. The third-order valence-corrected chi connectivity index (χ3v) is 6.49. The molecule has 0 saturated carbocycles. The summed E-state index contributed by atoms with van der Waals surface area (Å²) in [5.41, 5.74) is 1.37. The van der Waals surface area contributed by atoms with Gasteiger partial charge in [-0.1, -0.05) is 6.07 Å². The van der Waals surface area contributed by atoms with Crippen LogP contribution in [-0.4, -0.2) is 55.7 Å². The Labute approximate surface area is 147 Å². The average Bonchev–Trinajstić information content (AvgIpc) is 2.86. The molecular formula is C14H21N5O4S2. The van der Waals surface area contributed by atoms with Crippen LogP contribution in [0.5, 0.6) is 0 Å². The number of sulfonamides is 2. The predicted molar refractivity (Wildman–Crippen MR) is 92.7 cm³/mol. The van der Waals surface area contributed by atoms with Crippen LogP contribution in [0.1, 0.15) is 17.1 Å². The van der Waals surface area contributed by atoms with Gasteiger partial charge in [-0.25, -0.2) is 21.6 Å². The van der Waals surface area contributed by atoms with Crippen LogP contribution in [0.4, 0.5) is 0 Å². The topological polar surface area (TPSA) is 125 Å². The highest BCUT2D eigenvalue weighted by Gasteiger charge is 2.23. The number of hydrogen-bond acceptors (Lipinski definition) is 6. The zero-order valence-corrected chi connectivity index (χ0v) is 15.9. The Hall–Kier alpha value is -1.82. The highest BCUT2D eigenvalue weighted by Crippen LogP contribution is 2.16. The number of pyridine rings is 1. The lowest BCUT2D eigenvalue weighted by molar-refractivity contribution is 0.408. The van der Waals surface area contributed by atoms with Crippen LogP contribution >= 0.6 is 0 Å². The van der Waals surface area contributed by atoms with Crippen molar-refractivity contribution in [1.29, 1.82) is 0 Å². The van der Waals surface area contributed by atoms with Gasteiger partial charge in [-0.05, 0) is 26.0 Å². The molecule has 0 aromatic carbocycles. The lowest BCUT2D eigenvalue weighted by Gasteiger charge is -2.19. The smallest absolute Gasteiger partial charge is 0.244 e. The molecule has 0 aliphatic heterocycles. The molecule has 9 nitrogen and oxygen atoms in total. The number of hydrogen-bond donors (Lipinski definition) is 2. The van der Waals surface area contributed by atoms with Crippen LogP contribution < -0.4 is 4.72 Å². The molecule has 0 radical (unpaired) electrons. The maximum atomic E-state index is 12.4. The van der Waals surface area contributed by atoms with Crippen molar-refractivity contribution in [2.45, 2.75) is 25.3 Å². The Morgan fingerprint density at radius 3 is 2.44 bits per heavy atom. The normalized spacial score (nSPS) is 12.6. The first-order valence-corrected chi connectivity index (χ1v) is 10.8. The molecule has 0 aliphatic carbocycles. The molecule has 2 aromatic rings. The Morgan fingerprint density at radius 2 is 1.92 bits per heavy atom. The monoisotopic (exact) mass is 387 g/mol. The van der Waals surface area contributed by atoms with Crippen molar-refractivity contribution < 1.29 is 16.8 Å². The van der Waals surface area contributed by atoms with Crippen molar-refractivity contribution in [3.8, 4) is 0 Å². The fourth-order valence-corrected chi connectivity index (χ4v) is 4.53. The SMILES string of the molecule is Cc1n[nH]c(C)c1S(=O)(=O)NCCN(Cc1ccccn1)S(C)(=O)=O. The molecule has 0 unspecified atom stereocenters. The second kappa shape index (κ2) is 7.60. The summed E-state index contributed by atoms with van der Waals surface area (Å²) in [6.07, 6.45) is 2.65. The molecule has 11 heteroatoms. The summed E-state index contributed by atoms with van der Waals surface area (Å²) in [6.45, 7) is 3.20. The van der Waals surface area contributed by atoms with E-state index in [4.69, 9.17) is 0 Å². The van der Waals surface area contributed by atoms with Gasteiger partial charge >= 0.3 is 0 Å². The number of rotatable bonds is 8. The van der Waals surface area contributed by atoms with Gasteiger partial charge in [0.1, 0.15) is 4.90 Å². The molecule has 0 amide bonds. The number of aryl methyl sites for hydroxylation is 2. The van der Waals surface area contributed by atoms with Crippen LogP contribution in [0.15, 0.2) is 29.3 Å². The van der Waals surface area contributed by atoms with E-state index in [1.165, 1.54) is 4.31 Å². The van der Waals surface area contributed by atoms with Crippen LogP contribution in [0.3, 0.4) is 0 Å². The molecular weight excluding hydrogens is 366 g/mol. The minimum Gasteiger partial charge on any atom is -0.281 e. The standard InChI is InChI=1S/C14H21N5O4S2/c1-11-14(12(2)18-17-11)25(22,23)16-8-9-19(24(3,20)21)10-13-6-4-5-7-15-13/h4-7,16H,8-10H2,1-3H3,(H,17,18). The van der Waals surface area contributed by atoms with Gasteiger partial charge in [0.2, 0.25) is 20.0 Å². The van der Waals surface area contributed by atoms with Gasteiger partial charge in [-0.3, -0.25) is 10.1 Å². The fraction of sp³-hybridized carbons (Fsp3) is 0.429. The van der Waals surface area contributed by atoms with Crippen LogP contribution in [0.25, 0.3) is 0 Å². The Balaban J connectivity index is 2.06. The predicted octanol–water partition coefficient (Wildman–Crippen LogP) is 0.162. The summed E-state index contributed by atoms with van der Waals surface area (Å²) in [6, 6.07) is 5.20. The lowest BCUT2D eigenvalue weighted by Crippen LogP contribution is -2.38. The molecule has 0 bridgehead atoms. The van der Waals surface area contributed by atoms with Gasteiger partial charge in [0.05, 0.1) is 29.9 Å². The summed E-state index contributed by atoms with van der Waals surface area (Å²) in [5.74, 6) is 0. The van der Waals surface area contributed by atoms with Crippen molar-refractivity contribution in [2.24, 2.45) is 0 Å². The van der Waals surface area contributed by atoms with Crippen LogP contribution in [0, 0.1) is 13.8 Å². The van der Waals surface area contributed by atoms with E-state index in [1.54, 1.807) is 38.2 Å². The summed E-state index contributed by atoms with van der Waals surface area (Å²) in [4.78, 5) is 4.18. The summed E-state index contributed by atoms with van der Waals surface area (Å²) >= 11 is 0. The zero-order chi connectivity index (χ0) is 18.7. The third kappa shape index (κ3) is 5.08. The highest BCUT2D eigenvalue weighted by molar-refractivity contribution is 7.89. The first-order valence-electron chi connectivity index (χ1n) is 7.47. The molecule has 2 aromatic heterocycles. The van der Waals surface area contributed by atoms with E-state index >= 15 is 0 Å². The molecule has 0 fully saturated rings. The van der Waals surface area contributed by atoms with Crippen molar-refractivity contribution in [1.82, 2.24) is 24.2 Å². The van der Waals surface area contributed by atoms with Crippen molar-refractivity contribution in [3.05, 3.63) is 41.5 Å². The average molecular weight is 387 g/mol. The third-order valence-electron chi connectivity index (χ3n) is 3.52. The van der Waals surface area contributed by atoms with E-state index in [0.717, 1.165) is 6.26 Å². The fourth-order valence-electron chi connectivity index (χ4n) is 2.35. The van der Waals surface area contributed by atoms with Crippen LogP contribution in [0.2, 0.25) is 0 Å². The maximum Gasteiger partial charge on any atom is 0.244 e. The van der Waals surface area contributed by atoms with Crippen molar-refractivity contribution in [3.63, 3.8) is 0 Å². The van der Waals surface area contributed by atoms with E-state index in [0.29, 0.717) is 17.1 Å². The highest BCUT2D eigenvalue weighted by atomic mass is 32.2. The quantitative estimate of drug-likeness (QED) is 0.665. The van der Waals surface area contributed by atoms with E-state index < -0.39 is 20.0 Å². The maximum absolute atomic E-state index is 12.4. The van der Waals surface area contributed by atoms with Gasteiger partial charge in [0, 0.05) is 19.3 Å². The number of aromatic nitrogens is 3. The largest absolute Gasteiger partial charge is 0.281 e. The van der Waals surface area contributed by atoms with E-state index in [1.807, 2.05) is 0 Å². The molecule has 0 aliphatic rings. The Bertz CT molecular complexity index is 904. The number of H-pyrrole nitrogens is 1. The summed E-state index contributed by atoms with van der Waals surface area (Å²) in [7, 11) is -7.28. The Kier molecular flexibility index (Phi) is 5.93. The van der Waals surface area contributed by atoms with Gasteiger partial charge in [0.15, 0.2) is 0 Å². The second-order valence-electron chi connectivity index (χ2n) is 5.58. The van der Waals surface area contributed by atoms with Gasteiger partial charge in [-0.2, -0.15) is 9.40 Å². The molecule has 2 rings (SSSR count). The number of aromatic amines is 1. The lowest BCUT2D eigenvalue weighted by atomic mass is 10.3. The van der Waals surface area contributed by atoms with Gasteiger partial charge in [-0.15, -0.1) is 0 Å². The zero-order valence-electron chi connectivity index (χ0n) is 14.2. The second-order valence-corrected chi connectivity index (χ2v) is 9.26. The van der Waals surface area contributed by atoms with Crippen molar-refractivity contribution >= 4 is 20.0 Å². The minimum atomic E-state index is -3.77. The molecule has 0 spiro atoms. The molecule has 0 atom stereocenters. The first-order chi connectivity index (χ1) is 11.6. The number of nitrogens with one attached hydrogen (secondary N) is 2. The first kappa shape index (κ1) is 19.5. The summed E-state index contributed by atoms with van der Waals surface area (Å²) in [5, 5.41) is 6.48. The molecule has 25 heavy (non-hydrogen) atoms. The molecule has 2 N–H and O–H groups in total. The summed E-state index contributed by atoms with van der Waals surface area (Å²) < 4.78 is 52.2. The van der Waals surface area contributed by atoms with E-state index in [9.17, 15) is 16.8 Å². The number of nitrogens with zero attached hydrogens (tertiary/aromatic N) is 3. The van der Waals surface area contributed by atoms with Crippen molar-refractivity contribution in [2.75, 3.05) is 19.3 Å². The molecule has 2 heterocycles. The van der Waals surface area contributed by atoms with Gasteiger partial charge in [0.25, 0.3) is 0 Å². The van der Waals surface area contributed by atoms with Crippen LogP contribution in [-0.2, 0) is 26.6 Å². The van der Waals surface area contributed by atoms with E-state index in [2.05, 4.69) is 19.9 Å². The van der Waals surface area contributed by atoms with Gasteiger partial charge < -0.3 is 0 Å². The Morgan fingerprint density at radius 1 is 1.20 bits per heavy atom.